The van der Waals surface area contributed by atoms with Crippen LogP contribution >= 0.6 is 0 Å². The predicted molar refractivity (Wildman–Crippen MR) is 103 cm³/mol. The number of nitrogens with zero attached hydrogens (tertiary/aromatic N) is 2. The molecule has 7 heteroatoms. The van der Waals surface area contributed by atoms with Crippen molar-refractivity contribution in [2.45, 2.75) is 44.3 Å². The summed E-state index contributed by atoms with van der Waals surface area (Å²) < 4.78 is 11.1. The van der Waals surface area contributed by atoms with Crippen LogP contribution in [0.5, 0.6) is 5.75 Å². The van der Waals surface area contributed by atoms with Gasteiger partial charge in [0.1, 0.15) is 17.5 Å². The zero-order chi connectivity index (χ0) is 19.4. The lowest BCUT2D eigenvalue weighted by Gasteiger charge is -2.31. The first-order valence-electron chi connectivity index (χ1n) is 9.55. The highest BCUT2D eigenvalue weighted by molar-refractivity contribution is 5.92. The molecule has 0 aliphatic heterocycles. The quantitative estimate of drug-likeness (QED) is 0.680. The van der Waals surface area contributed by atoms with Gasteiger partial charge in [-0.25, -0.2) is 4.98 Å². The Balaban J connectivity index is 1.35. The summed E-state index contributed by atoms with van der Waals surface area (Å²) in [7, 11) is 0. The molecule has 2 heterocycles. The van der Waals surface area contributed by atoms with E-state index < -0.39 is 5.60 Å². The average Bonchev–Trinajstić information content (AvgIpc) is 3.20. The molecule has 0 saturated heterocycles. The fraction of sp³-hybridized carbons (Fsp3) is 0.381. The number of hydrogen-bond acceptors (Lipinski definition) is 6. The Kier molecular flexibility index (Phi) is 5.25. The van der Waals surface area contributed by atoms with E-state index in [2.05, 4.69) is 15.3 Å². The number of benzene rings is 1. The van der Waals surface area contributed by atoms with Crippen molar-refractivity contribution in [3.05, 3.63) is 54.4 Å². The predicted octanol–water partition coefficient (Wildman–Crippen LogP) is 3.23. The van der Waals surface area contributed by atoms with Crippen LogP contribution in [0.1, 0.15) is 48.5 Å². The Labute approximate surface area is 162 Å². The molecule has 0 spiro atoms. The van der Waals surface area contributed by atoms with Gasteiger partial charge in [-0.05, 0) is 25.0 Å². The van der Waals surface area contributed by atoms with Gasteiger partial charge in [0.15, 0.2) is 12.3 Å². The smallest absolute Gasteiger partial charge is 0.273 e. The van der Waals surface area contributed by atoms with E-state index in [0.29, 0.717) is 24.5 Å². The maximum absolute atomic E-state index is 12.3. The van der Waals surface area contributed by atoms with Gasteiger partial charge in [0.05, 0.1) is 5.60 Å². The van der Waals surface area contributed by atoms with Gasteiger partial charge in [0, 0.05) is 18.1 Å². The van der Waals surface area contributed by atoms with Crippen molar-refractivity contribution in [1.29, 1.82) is 0 Å². The maximum Gasteiger partial charge on any atom is 0.273 e. The second-order valence-electron chi connectivity index (χ2n) is 7.21. The van der Waals surface area contributed by atoms with Crippen molar-refractivity contribution in [2.75, 3.05) is 6.54 Å². The van der Waals surface area contributed by atoms with Gasteiger partial charge in [-0.3, -0.25) is 9.78 Å². The monoisotopic (exact) mass is 381 g/mol. The van der Waals surface area contributed by atoms with Crippen molar-refractivity contribution in [3.63, 3.8) is 0 Å². The number of carbonyl (C=O) groups excluding carboxylic acids is 1. The van der Waals surface area contributed by atoms with Crippen molar-refractivity contribution >= 4 is 16.8 Å². The lowest BCUT2D eigenvalue weighted by molar-refractivity contribution is 0.00521. The summed E-state index contributed by atoms with van der Waals surface area (Å²) >= 11 is 0. The van der Waals surface area contributed by atoms with Crippen LogP contribution in [0.3, 0.4) is 0 Å². The Hall–Kier alpha value is -2.93. The summed E-state index contributed by atoms with van der Waals surface area (Å²) in [6, 6.07) is 9.52. The number of carbonyl (C=O) groups is 1. The number of oxazole rings is 1. The van der Waals surface area contributed by atoms with Gasteiger partial charge in [0.2, 0.25) is 5.89 Å². The molecule has 3 aromatic rings. The molecule has 0 bridgehead atoms. The first kappa shape index (κ1) is 18.4. The number of para-hydroxylation sites is 1. The summed E-state index contributed by atoms with van der Waals surface area (Å²) in [6.07, 6.45) is 7.55. The first-order valence-corrected chi connectivity index (χ1v) is 9.55. The van der Waals surface area contributed by atoms with Gasteiger partial charge in [-0.1, -0.05) is 37.5 Å². The molecule has 0 radical (unpaired) electrons. The number of pyridine rings is 1. The minimum atomic E-state index is -0.815. The van der Waals surface area contributed by atoms with Crippen molar-refractivity contribution in [1.82, 2.24) is 15.3 Å². The molecule has 7 nitrogen and oxygen atoms in total. The molecule has 1 aliphatic carbocycles. The number of hydrogen-bond donors (Lipinski definition) is 2. The summed E-state index contributed by atoms with van der Waals surface area (Å²) in [5.41, 5.74) is 0.120. The number of nitrogens with one attached hydrogen (secondary N) is 1. The first-order chi connectivity index (χ1) is 13.6. The fourth-order valence-corrected chi connectivity index (χ4v) is 3.54. The van der Waals surface area contributed by atoms with Crippen LogP contribution in [0, 0.1) is 0 Å². The van der Waals surface area contributed by atoms with Crippen molar-refractivity contribution in [3.8, 4) is 5.75 Å². The van der Waals surface area contributed by atoms with E-state index in [0.717, 1.165) is 30.2 Å². The molecule has 4 rings (SSSR count). The molecule has 2 aromatic heterocycles. The zero-order valence-corrected chi connectivity index (χ0v) is 15.6. The second-order valence-corrected chi connectivity index (χ2v) is 7.21. The Morgan fingerprint density at radius 1 is 1.21 bits per heavy atom. The average molecular weight is 381 g/mol. The third-order valence-electron chi connectivity index (χ3n) is 5.09. The fourth-order valence-electron chi connectivity index (χ4n) is 3.54. The Bertz CT molecular complexity index is 958. The van der Waals surface area contributed by atoms with Gasteiger partial charge in [-0.2, -0.15) is 0 Å². The highest BCUT2D eigenvalue weighted by Crippen LogP contribution is 2.27. The molecular formula is C21H23N3O4. The SMILES string of the molecule is O=C(NCC1(O)CCCCC1)c1coc(COc2cccc3cccnc23)n1. The summed E-state index contributed by atoms with van der Waals surface area (Å²) in [6.45, 7) is 0.319. The van der Waals surface area contributed by atoms with Crippen molar-refractivity contribution in [2.24, 2.45) is 0 Å². The van der Waals surface area contributed by atoms with Crippen LogP contribution in [-0.2, 0) is 6.61 Å². The van der Waals surface area contributed by atoms with Gasteiger partial charge in [0.25, 0.3) is 5.91 Å². The van der Waals surface area contributed by atoms with Crippen LogP contribution < -0.4 is 10.1 Å². The third-order valence-corrected chi connectivity index (χ3v) is 5.09. The van der Waals surface area contributed by atoms with E-state index in [1.165, 1.54) is 6.26 Å². The molecular weight excluding hydrogens is 358 g/mol. The van der Waals surface area contributed by atoms with Gasteiger partial charge >= 0.3 is 0 Å². The summed E-state index contributed by atoms with van der Waals surface area (Å²) in [5, 5.41) is 14.2. The molecule has 1 amide bonds. The van der Waals surface area contributed by atoms with Crippen molar-refractivity contribution < 1.29 is 19.1 Å². The minimum Gasteiger partial charge on any atom is -0.482 e. The van der Waals surface area contributed by atoms with Crippen LogP contribution in [0.15, 0.2) is 47.2 Å². The van der Waals surface area contributed by atoms with Crippen LogP contribution in [-0.4, -0.2) is 33.1 Å². The zero-order valence-electron chi connectivity index (χ0n) is 15.6. The van der Waals surface area contributed by atoms with E-state index >= 15 is 0 Å². The molecule has 2 N–H and O–H groups in total. The van der Waals surface area contributed by atoms with E-state index in [9.17, 15) is 9.90 Å². The van der Waals surface area contributed by atoms with E-state index in [4.69, 9.17) is 9.15 Å². The number of amides is 1. The molecule has 0 unspecified atom stereocenters. The molecule has 1 fully saturated rings. The molecule has 1 saturated carbocycles. The van der Waals surface area contributed by atoms with E-state index in [1.54, 1.807) is 6.20 Å². The molecule has 0 atom stereocenters. The number of ether oxygens (including phenoxy) is 1. The number of aliphatic hydroxyl groups is 1. The summed E-state index contributed by atoms with van der Waals surface area (Å²) in [5.74, 6) is 0.567. The highest BCUT2D eigenvalue weighted by atomic mass is 16.5. The lowest BCUT2D eigenvalue weighted by atomic mass is 9.85. The summed E-state index contributed by atoms with van der Waals surface area (Å²) in [4.78, 5) is 20.8. The van der Waals surface area contributed by atoms with Gasteiger partial charge in [-0.15, -0.1) is 0 Å². The lowest BCUT2D eigenvalue weighted by Crippen LogP contribution is -2.44. The third kappa shape index (κ3) is 4.14. The van der Waals surface area contributed by atoms with E-state index in [1.807, 2.05) is 30.3 Å². The Morgan fingerprint density at radius 2 is 2.04 bits per heavy atom. The normalized spacial score (nSPS) is 16.0. The minimum absolute atomic E-state index is 0.0902. The number of rotatable bonds is 6. The topological polar surface area (TPSA) is 97.5 Å². The molecule has 1 aliphatic rings. The maximum atomic E-state index is 12.3. The standard InChI is InChI=1S/C21H23N3O4/c25-20(23-14-21(26)9-2-1-3-10-21)16-12-28-18(24-16)13-27-17-8-4-6-15-7-5-11-22-19(15)17/h4-8,11-12,26H,1-3,9-10,13-14H2,(H,23,25). The van der Waals surface area contributed by atoms with Gasteiger partial charge < -0.3 is 19.6 Å². The Morgan fingerprint density at radius 3 is 2.89 bits per heavy atom. The molecule has 146 valence electrons. The van der Waals surface area contributed by atoms with Crippen LogP contribution in [0.2, 0.25) is 0 Å². The molecule has 28 heavy (non-hydrogen) atoms. The second kappa shape index (κ2) is 7.98. The number of fused-ring (bicyclic) bond motifs is 1. The van der Waals surface area contributed by atoms with E-state index in [-0.39, 0.29) is 24.8 Å². The molecule has 1 aromatic carbocycles. The number of aromatic nitrogens is 2. The van der Waals surface area contributed by atoms with Crippen LogP contribution in [0.4, 0.5) is 0 Å². The van der Waals surface area contributed by atoms with Crippen LogP contribution in [0.25, 0.3) is 10.9 Å². The largest absolute Gasteiger partial charge is 0.482 e. The highest BCUT2D eigenvalue weighted by Gasteiger charge is 2.29.